The largest absolute Gasteiger partial charge is 0.484 e. The van der Waals surface area contributed by atoms with Crippen molar-refractivity contribution in [3.8, 4) is 5.75 Å². The minimum atomic E-state index is -0.267. The highest BCUT2D eigenvalue weighted by Crippen LogP contribution is 2.21. The fourth-order valence-electron chi connectivity index (χ4n) is 1.82. The van der Waals surface area contributed by atoms with E-state index in [2.05, 4.69) is 21.2 Å². The number of para-hydroxylation sites is 1. The Labute approximate surface area is 131 Å². The van der Waals surface area contributed by atoms with E-state index in [4.69, 9.17) is 4.74 Å². The van der Waals surface area contributed by atoms with Gasteiger partial charge in [-0.2, -0.15) is 0 Å². The number of aryl methyl sites for hydroxylation is 1. The van der Waals surface area contributed by atoms with Crippen LogP contribution in [0.1, 0.15) is 11.1 Å². The molecule has 2 aromatic carbocycles. The first-order valence-corrected chi connectivity index (χ1v) is 7.27. The summed E-state index contributed by atoms with van der Waals surface area (Å²) in [6, 6.07) is 12.6. The van der Waals surface area contributed by atoms with Gasteiger partial charge in [0.05, 0.1) is 6.61 Å². The lowest BCUT2D eigenvalue weighted by molar-refractivity contribution is -0.118. The van der Waals surface area contributed by atoms with E-state index in [-0.39, 0.29) is 19.1 Å². The summed E-state index contributed by atoms with van der Waals surface area (Å²) < 4.78 is 6.45. The van der Waals surface area contributed by atoms with Crippen molar-refractivity contribution in [1.29, 1.82) is 0 Å². The van der Waals surface area contributed by atoms with Crippen LogP contribution < -0.4 is 10.1 Å². The maximum Gasteiger partial charge on any atom is 0.262 e. The molecule has 0 aliphatic carbocycles. The van der Waals surface area contributed by atoms with Crippen LogP contribution in [-0.4, -0.2) is 17.6 Å². The summed E-state index contributed by atoms with van der Waals surface area (Å²) in [5.41, 5.74) is 2.31. The average Bonchev–Trinajstić information content (AvgIpc) is 2.49. The van der Waals surface area contributed by atoms with Gasteiger partial charge in [0.2, 0.25) is 0 Å². The molecule has 0 aliphatic rings. The summed E-state index contributed by atoms with van der Waals surface area (Å²) in [6.45, 7) is 1.75. The van der Waals surface area contributed by atoms with Crippen molar-refractivity contribution in [1.82, 2.24) is 0 Å². The Morgan fingerprint density at radius 3 is 2.76 bits per heavy atom. The van der Waals surface area contributed by atoms with Gasteiger partial charge in [0, 0.05) is 15.7 Å². The Balaban J connectivity index is 1.94. The van der Waals surface area contributed by atoms with Crippen molar-refractivity contribution < 1.29 is 14.6 Å². The van der Waals surface area contributed by atoms with Gasteiger partial charge in [-0.15, -0.1) is 0 Å². The number of carbonyl (C=O) groups excluding carboxylic acids is 1. The lowest BCUT2D eigenvalue weighted by atomic mass is 10.2. The molecule has 0 saturated heterocycles. The standard InChI is InChI=1S/C16H16BrNO3/c1-11-8-13(6-7-14(11)17)21-10-16(20)18-15-5-3-2-4-12(15)9-19/h2-8,19H,9-10H2,1H3,(H,18,20). The van der Waals surface area contributed by atoms with Gasteiger partial charge in [-0.05, 0) is 36.8 Å². The number of hydrogen-bond donors (Lipinski definition) is 2. The highest BCUT2D eigenvalue weighted by Gasteiger charge is 2.07. The van der Waals surface area contributed by atoms with E-state index in [1.807, 2.05) is 25.1 Å². The highest BCUT2D eigenvalue weighted by atomic mass is 79.9. The van der Waals surface area contributed by atoms with Crippen molar-refractivity contribution in [3.63, 3.8) is 0 Å². The van der Waals surface area contributed by atoms with Crippen LogP contribution in [0.5, 0.6) is 5.75 Å². The Kier molecular flexibility index (Phi) is 5.36. The van der Waals surface area contributed by atoms with E-state index >= 15 is 0 Å². The first-order chi connectivity index (χ1) is 10.1. The number of ether oxygens (including phenoxy) is 1. The molecule has 0 spiro atoms. The predicted molar refractivity (Wildman–Crippen MR) is 85.4 cm³/mol. The minimum Gasteiger partial charge on any atom is -0.484 e. The molecule has 1 amide bonds. The number of nitrogens with one attached hydrogen (secondary N) is 1. The Morgan fingerprint density at radius 2 is 2.05 bits per heavy atom. The molecule has 0 fully saturated rings. The van der Waals surface area contributed by atoms with E-state index in [1.54, 1.807) is 24.3 Å². The van der Waals surface area contributed by atoms with Crippen molar-refractivity contribution in [2.24, 2.45) is 0 Å². The summed E-state index contributed by atoms with van der Waals surface area (Å²) in [5, 5.41) is 11.9. The van der Waals surface area contributed by atoms with Gasteiger partial charge in [-0.3, -0.25) is 4.79 Å². The lowest BCUT2D eigenvalue weighted by Crippen LogP contribution is -2.21. The zero-order valence-corrected chi connectivity index (χ0v) is 13.2. The van der Waals surface area contributed by atoms with Gasteiger partial charge in [0.1, 0.15) is 5.75 Å². The number of halogens is 1. The zero-order chi connectivity index (χ0) is 15.2. The molecule has 0 aliphatic heterocycles. The number of aliphatic hydroxyl groups excluding tert-OH is 1. The second-order valence-corrected chi connectivity index (χ2v) is 5.42. The second-order valence-electron chi connectivity index (χ2n) is 4.56. The summed E-state index contributed by atoms with van der Waals surface area (Å²) >= 11 is 3.41. The van der Waals surface area contributed by atoms with Gasteiger partial charge in [-0.25, -0.2) is 0 Å². The second kappa shape index (κ2) is 7.24. The monoisotopic (exact) mass is 349 g/mol. The first kappa shape index (κ1) is 15.5. The van der Waals surface area contributed by atoms with Gasteiger partial charge >= 0.3 is 0 Å². The molecule has 2 rings (SSSR count). The van der Waals surface area contributed by atoms with Gasteiger partial charge in [0.15, 0.2) is 6.61 Å². The maximum atomic E-state index is 11.9. The molecule has 2 N–H and O–H groups in total. The third-order valence-electron chi connectivity index (χ3n) is 2.96. The normalized spacial score (nSPS) is 10.2. The fourth-order valence-corrected chi connectivity index (χ4v) is 2.07. The third-order valence-corrected chi connectivity index (χ3v) is 3.85. The number of amides is 1. The van der Waals surface area contributed by atoms with Crippen LogP contribution in [0.3, 0.4) is 0 Å². The molecule has 0 unspecified atom stereocenters. The van der Waals surface area contributed by atoms with Crippen LogP contribution >= 0.6 is 15.9 Å². The number of hydrogen-bond acceptors (Lipinski definition) is 3. The van der Waals surface area contributed by atoms with E-state index in [9.17, 15) is 9.90 Å². The lowest BCUT2D eigenvalue weighted by Gasteiger charge is -2.11. The van der Waals surface area contributed by atoms with Crippen molar-refractivity contribution in [2.75, 3.05) is 11.9 Å². The van der Waals surface area contributed by atoms with Gasteiger partial charge in [-0.1, -0.05) is 34.1 Å². The number of rotatable bonds is 5. The van der Waals surface area contributed by atoms with Crippen molar-refractivity contribution in [2.45, 2.75) is 13.5 Å². The zero-order valence-electron chi connectivity index (χ0n) is 11.6. The SMILES string of the molecule is Cc1cc(OCC(=O)Nc2ccccc2CO)ccc1Br. The quantitative estimate of drug-likeness (QED) is 0.870. The summed E-state index contributed by atoms with van der Waals surface area (Å²) in [4.78, 5) is 11.9. The Hall–Kier alpha value is -1.85. The molecule has 5 heteroatoms. The molecule has 2 aromatic rings. The summed E-state index contributed by atoms with van der Waals surface area (Å²) in [6.07, 6.45) is 0. The van der Waals surface area contributed by atoms with E-state index < -0.39 is 0 Å². The van der Waals surface area contributed by atoms with Crippen molar-refractivity contribution >= 4 is 27.5 Å². The van der Waals surface area contributed by atoms with Gasteiger partial charge in [0.25, 0.3) is 5.91 Å². The molecule has 4 nitrogen and oxygen atoms in total. The van der Waals surface area contributed by atoms with Gasteiger partial charge < -0.3 is 15.2 Å². The molecule has 0 radical (unpaired) electrons. The van der Waals surface area contributed by atoms with Crippen molar-refractivity contribution in [3.05, 3.63) is 58.1 Å². The van der Waals surface area contributed by atoms with E-state index in [1.165, 1.54) is 0 Å². The minimum absolute atomic E-state index is 0.0825. The molecule has 0 saturated carbocycles. The molecule has 0 heterocycles. The number of carbonyl (C=O) groups is 1. The Bertz CT molecular complexity index is 643. The van der Waals surface area contributed by atoms with E-state index in [0.29, 0.717) is 17.0 Å². The maximum absolute atomic E-state index is 11.9. The Morgan fingerprint density at radius 1 is 1.29 bits per heavy atom. The molecule has 21 heavy (non-hydrogen) atoms. The van der Waals surface area contributed by atoms with Crippen LogP contribution in [0.25, 0.3) is 0 Å². The number of aliphatic hydroxyl groups is 1. The fraction of sp³-hybridized carbons (Fsp3) is 0.188. The first-order valence-electron chi connectivity index (χ1n) is 6.47. The topological polar surface area (TPSA) is 58.6 Å². The molecular weight excluding hydrogens is 334 g/mol. The van der Waals surface area contributed by atoms with E-state index in [0.717, 1.165) is 10.0 Å². The summed E-state index contributed by atoms with van der Waals surface area (Å²) in [5.74, 6) is 0.373. The smallest absolute Gasteiger partial charge is 0.262 e. The van der Waals surface area contributed by atoms with Crippen LogP contribution in [0.4, 0.5) is 5.69 Å². The van der Waals surface area contributed by atoms with Crippen LogP contribution in [-0.2, 0) is 11.4 Å². The predicted octanol–water partition coefficient (Wildman–Crippen LogP) is 3.27. The molecule has 110 valence electrons. The highest BCUT2D eigenvalue weighted by molar-refractivity contribution is 9.10. The van der Waals surface area contributed by atoms with Crippen LogP contribution in [0.15, 0.2) is 46.9 Å². The van der Waals surface area contributed by atoms with Crippen LogP contribution in [0.2, 0.25) is 0 Å². The molecule has 0 aromatic heterocycles. The van der Waals surface area contributed by atoms with Crippen LogP contribution in [0, 0.1) is 6.92 Å². The number of anilines is 1. The summed E-state index contributed by atoms with van der Waals surface area (Å²) in [7, 11) is 0. The third kappa shape index (κ3) is 4.31. The molecule has 0 bridgehead atoms. The molecule has 0 atom stereocenters. The molecular formula is C16H16BrNO3. The average molecular weight is 350 g/mol. The number of benzene rings is 2.